The maximum absolute atomic E-state index is 12.5. The first-order valence-corrected chi connectivity index (χ1v) is 7.24. The molecular formula is C14H20Cl3F3N2O. The van der Waals surface area contributed by atoms with Gasteiger partial charge in [-0.05, 0) is 24.1 Å². The van der Waals surface area contributed by atoms with Crippen LogP contribution in [0.5, 0.6) is 5.75 Å². The van der Waals surface area contributed by atoms with Crippen LogP contribution in [0.4, 0.5) is 13.2 Å². The zero-order valence-corrected chi connectivity index (χ0v) is 14.7. The lowest BCUT2D eigenvalue weighted by Gasteiger charge is -2.35. The number of piperazine rings is 1. The number of nitrogens with zero attached hydrogens (tertiary/aromatic N) is 1. The number of phenolic OH excluding ortho intramolecular Hbond substituents is 1. The van der Waals surface area contributed by atoms with Gasteiger partial charge in [-0.3, -0.25) is 4.90 Å². The van der Waals surface area contributed by atoms with Gasteiger partial charge < -0.3 is 10.4 Å². The molecule has 9 heteroatoms. The van der Waals surface area contributed by atoms with E-state index < -0.39 is 12.6 Å². The van der Waals surface area contributed by atoms with Gasteiger partial charge in [0.25, 0.3) is 0 Å². The molecule has 2 rings (SSSR count). The van der Waals surface area contributed by atoms with Crippen LogP contribution in [0.1, 0.15) is 24.4 Å². The predicted octanol–water partition coefficient (Wildman–Crippen LogP) is 4.18. The van der Waals surface area contributed by atoms with Crippen LogP contribution in [0, 0.1) is 0 Å². The minimum Gasteiger partial charge on any atom is -0.506 e. The highest BCUT2D eigenvalue weighted by molar-refractivity contribution is 6.32. The van der Waals surface area contributed by atoms with E-state index in [0.29, 0.717) is 18.7 Å². The Morgan fingerprint density at radius 3 is 2.35 bits per heavy atom. The lowest BCUT2D eigenvalue weighted by atomic mass is 9.99. The third-order valence-corrected chi connectivity index (χ3v) is 3.95. The van der Waals surface area contributed by atoms with Crippen LogP contribution in [0.15, 0.2) is 18.2 Å². The topological polar surface area (TPSA) is 35.5 Å². The first-order valence-electron chi connectivity index (χ1n) is 6.87. The summed E-state index contributed by atoms with van der Waals surface area (Å²) in [7, 11) is 0. The molecule has 0 aliphatic carbocycles. The summed E-state index contributed by atoms with van der Waals surface area (Å²) in [6, 6.07) is 4.29. The maximum Gasteiger partial charge on any atom is 0.389 e. The van der Waals surface area contributed by atoms with E-state index in [1.165, 1.54) is 6.07 Å². The molecule has 0 spiro atoms. The van der Waals surface area contributed by atoms with Gasteiger partial charge >= 0.3 is 6.18 Å². The lowest BCUT2D eigenvalue weighted by molar-refractivity contribution is -0.138. The van der Waals surface area contributed by atoms with Crippen LogP contribution in [-0.4, -0.2) is 42.4 Å². The van der Waals surface area contributed by atoms with Crippen molar-refractivity contribution in [1.29, 1.82) is 0 Å². The zero-order valence-electron chi connectivity index (χ0n) is 12.3. The average molecular weight is 396 g/mol. The third-order valence-electron chi connectivity index (χ3n) is 3.65. The zero-order chi connectivity index (χ0) is 15.5. The minimum atomic E-state index is -4.17. The number of nitrogens with one attached hydrogen (secondary N) is 1. The number of benzene rings is 1. The van der Waals surface area contributed by atoms with Gasteiger partial charge in [-0.15, -0.1) is 24.8 Å². The van der Waals surface area contributed by atoms with Crippen LogP contribution in [0.25, 0.3) is 0 Å². The Labute approximate surface area is 151 Å². The van der Waals surface area contributed by atoms with Crippen molar-refractivity contribution in [3.63, 3.8) is 0 Å². The average Bonchev–Trinajstić information content (AvgIpc) is 2.43. The second-order valence-electron chi connectivity index (χ2n) is 5.17. The Kier molecular flexibility index (Phi) is 9.62. The number of aromatic hydroxyl groups is 1. The Hall–Kier alpha value is -0.400. The largest absolute Gasteiger partial charge is 0.506 e. The number of phenols is 1. The molecule has 23 heavy (non-hydrogen) atoms. The summed E-state index contributed by atoms with van der Waals surface area (Å²) in [5, 5.41) is 12.8. The molecule has 1 heterocycles. The standard InChI is InChI=1S/C14H18ClF3N2O.2ClH/c15-11-9-10(1-2-13(11)21)12(3-4-14(16,17)18)20-7-5-19-6-8-20;;/h1-2,9,12,19,21H,3-8H2;2*1H/t12-;;/m1../s1. The van der Waals surface area contributed by atoms with Crippen molar-refractivity contribution in [3.05, 3.63) is 28.8 Å². The highest BCUT2D eigenvalue weighted by atomic mass is 35.5. The third kappa shape index (κ3) is 6.93. The number of hydrogen-bond acceptors (Lipinski definition) is 3. The molecule has 1 aromatic carbocycles. The molecule has 0 amide bonds. The van der Waals surface area contributed by atoms with Crippen LogP contribution < -0.4 is 5.32 Å². The first-order chi connectivity index (χ1) is 9.87. The van der Waals surface area contributed by atoms with E-state index in [4.69, 9.17) is 11.6 Å². The molecule has 1 saturated heterocycles. The Morgan fingerprint density at radius 2 is 1.83 bits per heavy atom. The fraction of sp³-hybridized carbons (Fsp3) is 0.571. The van der Waals surface area contributed by atoms with Crippen LogP contribution in [0.3, 0.4) is 0 Å². The first kappa shape index (κ1) is 22.6. The molecule has 0 radical (unpaired) electrons. The second kappa shape index (κ2) is 9.79. The molecule has 1 aromatic rings. The fourth-order valence-corrected chi connectivity index (χ4v) is 2.77. The fourth-order valence-electron chi connectivity index (χ4n) is 2.58. The van der Waals surface area contributed by atoms with Gasteiger partial charge in [0.2, 0.25) is 0 Å². The van der Waals surface area contributed by atoms with E-state index in [1.807, 2.05) is 4.90 Å². The van der Waals surface area contributed by atoms with Crippen molar-refractivity contribution in [2.45, 2.75) is 25.1 Å². The molecule has 0 unspecified atom stereocenters. The van der Waals surface area contributed by atoms with Gasteiger partial charge in [0, 0.05) is 38.6 Å². The van der Waals surface area contributed by atoms with E-state index in [1.54, 1.807) is 12.1 Å². The number of rotatable bonds is 4. The lowest BCUT2D eigenvalue weighted by Crippen LogP contribution is -2.45. The van der Waals surface area contributed by atoms with Crippen molar-refractivity contribution in [3.8, 4) is 5.75 Å². The molecule has 1 atom stereocenters. The maximum atomic E-state index is 12.5. The predicted molar refractivity (Wildman–Crippen MR) is 90.1 cm³/mol. The quantitative estimate of drug-likeness (QED) is 0.803. The minimum absolute atomic E-state index is 0. The normalized spacial score (nSPS) is 17.0. The van der Waals surface area contributed by atoms with E-state index >= 15 is 0 Å². The molecular weight excluding hydrogens is 376 g/mol. The van der Waals surface area contributed by atoms with Gasteiger partial charge in [-0.25, -0.2) is 0 Å². The van der Waals surface area contributed by atoms with Crippen molar-refractivity contribution in [2.24, 2.45) is 0 Å². The summed E-state index contributed by atoms with van der Waals surface area (Å²) in [5.41, 5.74) is 0.712. The summed E-state index contributed by atoms with van der Waals surface area (Å²) in [6.45, 7) is 2.91. The van der Waals surface area contributed by atoms with E-state index in [-0.39, 0.29) is 48.0 Å². The molecule has 0 bridgehead atoms. The highest BCUT2D eigenvalue weighted by Crippen LogP contribution is 2.34. The van der Waals surface area contributed by atoms with Crippen molar-refractivity contribution >= 4 is 36.4 Å². The van der Waals surface area contributed by atoms with Crippen LogP contribution in [0.2, 0.25) is 5.02 Å². The second-order valence-corrected chi connectivity index (χ2v) is 5.57. The molecule has 134 valence electrons. The number of alkyl halides is 3. The molecule has 1 aliphatic heterocycles. The molecule has 0 aromatic heterocycles. The number of halogens is 6. The molecule has 2 N–H and O–H groups in total. The van der Waals surface area contributed by atoms with E-state index in [0.717, 1.165) is 13.1 Å². The number of hydrogen-bond donors (Lipinski definition) is 2. The Balaban J connectivity index is 0.00000242. The molecule has 1 aliphatic rings. The summed E-state index contributed by atoms with van der Waals surface area (Å²) in [5.74, 6) is -0.0599. The van der Waals surface area contributed by atoms with Gasteiger partial charge in [0.05, 0.1) is 5.02 Å². The SMILES string of the molecule is Cl.Cl.Oc1ccc([C@@H](CCC(F)(F)F)N2CCNCC2)cc1Cl. The van der Waals surface area contributed by atoms with Crippen LogP contribution in [-0.2, 0) is 0 Å². The summed E-state index contributed by atoms with van der Waals surface area (Å²) in [6.07, 6.45) is -5.02. The van der Waals surface area contributed by atoms with Gasteiger partial charge in [0.15, 0.2) is 0 Å². The Morgan fingerprint density at radius 1 is 1.22 bits per heavy atom. The van der Waals surface area contributed by atoms with Crippen molar-refractivity contribution in [1.82, 2.24) is 10.2 Å². The molecule has 3 nitrogen and oxygen atoms in total. The van der Waals surface area contributed by atoms with Gasteiger partial charge in [-0.2, -0.15) is 13.2 Å². The summed E-state index contributed by atoms with van der Waals surface area (Å²) >= 11 is 5.88. The van der Waals surface area contributed by atoms with Crippen LogP contribution >= 0.6 is 36.4 Å². The molecule has 0 saturated carbocycles. The smallest absolute Gasteiger partial charge is 0.389 e. The Bertz CT molecular complexity index is 483. The van der Waals surface area contributed by atoms with Gasteiger partial charge in [0.1, 0.15) is 5.75 Å². The molecule has 1 fully saturated rings. The van der Waals surface area contributed by atoms with Crippen molar-refractivity contribution < 1.29 is 18.3 Å². The van der Waals surface area contributed by atoms with E-state index in [9.17, 15) is 18.3 Å². The summed E-state index contributed by atoms with van der Waals surface area (Å²) in [4.78, 5) is 2.03. The highest BCUT2D eigenvalue weighted by Gasteiger charge is 2.31. The van der Waals surface area contributed by atoms with E-state index in [2.05, 4.69) is 5.32 Å². The van der Waals surface area contributed by atoms with Gasteiger partial charge in [-0.1, -0.05) is 17.7 Å². The summed E-state index contributed by atoms with van der Waals surface area (Å²) < 4.78 is 37.6. The van der Waals surface area contributed by atoms with Crippen molar-refractivity contribution in [2.75, 3.05) is 26.2 Å². The monoisotopic (exact) mass is 394 g/mol.